The molecule has 0 aromatic heterocycles. The summed E-state index contributed by atoms with van der Waals surface area (Å²) < 4.78 is 6.12. The molecular formula is C31H46O. The topological polar surface area (TPSA) is 9.23 Å². The van der Waals surface area contributed by atoms with Crippen LogP contribution in [-0.4, -0.2) is 6.10 Å². The summed E-state index contributed by atoms with van der Waals surface area (Å²) in [6.07, 6.45) is 17.9. The lowest BCUT2D eigenvalue weighted by Gasteiger charge is -2.29. The van der Waals surface area contributed by atoms with Crippen molar-refractivity contribution in [1.29, 1.82) is 0 Å². The van der Waals surface area contributed by atoms with Gasteiger partial charge < -0.3 is 4.74 Å². The van der Waals surface area contributed by atoms with Gasteiger partial charge in [-0.25, -0.2) is 0 Å². The van der Waals surface area contributed by atoms with Crippen molar-refractivity contribution in [3.63, 3.8) is 0 Å². The first-order chi connectivity index (χ1) is 15.7. The summed E-state index contributed by atoms with van der Waals surface area (Å²) in [6.45, 7) is 6.76. The van der Waals surface area contributed by atoms with Gasteiger partial charge in [-0.3, -0.25) is 0 Å². The number of rotatable bonds is 13. The van der Waals surface area contributed by atoms with Crippen LogP contribution in [-0.2, 0) is 0 Å². The van der Waals surface area contributed by atoms with Gasteiger partial charge >= 0.3 is 0 Å². The van der Waals surface area contributed by atoms with Crippen molar-refractivity contribution in [2.45, 2.75) is 116 Å². The number of benzene rings is 2. The molecule has 3 rings (SSSR count). The summed E-state index contributed by atoms with van der Waals surface area (Å²) in [5.74, 6) is 2.74. The second kappa shape index (κ2) is 13.7. The second-order valence-electron chi connectivity index (χ2n) is 10.1. The molecule has 0 amide bonds. The van der Waals surface area contributed by atoms with Crippen LogP contribution >= 0.6 is 0 Å². The Morgan fingerprint density at radius 3 is 1.94 bits per heavy atom. The molecule has 0 aliphatic heterocycles. The highest BCUT2D eigenvalue weighted by Gasteiger charge is 2.22. The minimum absolute atomic E-state index is 0.290. The fraction of sp³-hybridized carbons (Fsp3) is 0.613. The maximum absolute atomic E-state index is 6.12. The summed E-state index contributed by atoms with van der Waals surface area (Å²) in [5.41, 5.74) is 4.12. The van der Waals surface area contributed by atoms with E-state index in [9.17, 15) is 0 Å². The lowest BCUT2D eigenvalue weighted by Crippen LogP contribution is -2.13. The minimum Gasteiger partial charge on any atom is -0.491 e. The zero-order chi connectivity index (χ0) is 22.6. The Kier molecular flexibility index (Phi) is 10.7. The van der Waals surface area contributed by atoms with Crippen LogP contribution in [0.25, 0.3) is 11.1 Å². The van der Waals surface area contributed by atoms with Crippen LogP contribution in [0.3, 0.4) is 0 Å². The van der Waals surface area contributed by atoms with E-state index in [-0.39, 0.29) is 0 Å². The van der Waals surface area contributed by atoms with Gasteiger partial charge in [0.15, 0.2) is 0 Å². The molecule has 1 aliphatic rings. The lowest BCUT2D eigenvalue weighted by molar-refractivity contribution is 0.206. The van der Waals surface area contributed by atoms with Crippen molar-refractivity contribution in [2.24, 2.45) is 5.92 Å². The van der Waals surface area contributed by atoms with Gasteiger partial charge in [0.2, 0.25) is 0 Å². The maximum Gasteiger partial charge on any atom is 0.119 e. The predicted octanol–water partition coefficient (Wildman–Crippen LogP) is 9.95. The van der Waals surface area contributed by atoms with Gasteiger partial charge in [0.1, 0.15) is 5.75 Å². The zero-order valence-electron chi connectivity index (χ0n) is 21.0. The molecule has 1 heteroatoms. The zero-order valence-corrected chi connectivity index (χ0v) is 21.0. The van der Waals surface area contributed by atoms with E-state index < -0.39 is 0 Å². The van der Waals surface area contributed by atoms with Gasteiger partial charge in [0, 0.05) is 0 Å². The molecule has 1 nitrogen and oxygen atoms in total. The molecule has 0 bridgehead atoms. The van der Waals surface area contributed by atoms with Crippen molar-refractivity contribution in [1.82, 2.24) is 0 Å². The van der Waals surface area contributed by atoms with Gasteiger partial charge in [-0.15, -0.1) is 0 Å². The Balaban J connectivity index is 1.46. The number of hydrogen-bond acceptors (Lipinski definition) is 1. The molecule has 0 spiro atoms. The monoisotopic (exact) mass is 434 g/mol. The maximum atomic E-state index is 6.12. The average molecular weight is 435 g/mol. The third-order valence-electron chi connectivity index (χ3n) is 7.43. The number of ether oxygens (including phenoxy) is 1. The summed E-state index contributed by atoms with van der Waals surface area (Å²) in [7, 11) is 0. The van der Waals surface area contributed by atoms with Crippen molar-refractivity contribution in [3.8, 4) is 16.9 Å². The molecule has 1 saturated carbocycles. The van der Waals surface area contributed by atoms with Crippen LogP contribution < -0.4 is 4.74 Å². The van der Waals surface area contributed by atoms with Crippen molar-refractivity contribution in [3.05, 3.63) is 54.1 Å². The minimum atomic E-state index is 0.290. The molecule has 2 aromatic carbocycles. The van der Waals surface area contributed by atoms with E-state index in [1.807, 2.05) is 0 Å². The highest BCUT2D eigenvalue weighted by atomic mass is 16.5. The largest absolute Gasteiger partial charge is 0.491 e. The van der Waals surface area contributed by atoms with Crippen LogP contribution in [0.15, 0.2) is 48.5 Å². The third kappa shape index (κ3) is 7.98. The lowest BCUT2D eigenvalue weighted by atomic mass is 9.77. The van der Waals surface area contributed by atoms with Crippen molar-refractivity contribution >= 4 is 0 Å². The van der Waals surface area contributed by atoms with Crippen molar-refractivity contribution in [2.75, 3.05) is 0 Å². The van der Waals surface area contributed by atoms with Gasteiger partial charge in [-0.1, -0.05) is 95.2 Å². The summed E-state index contributed by atoms with van der Waals surface area (Å²) >= 11 is 0. The van der Waals surface area contributed by atoms with Crippen LogP contribution in [0.2, 0.25) is 0 Å². The fourth-order valence-corrected chi connectivity index (χ4v) is 5.29. The molecule has 0 N–H and O–H groups in total. The summed E-state index contributed by atoms with van der Waals surface area (Å²) in [5, 5.41) is 0. The average Bonchev–Trinajstić information content (AvgIpc) is 2.83. The number of hydrogen-bond donors (Lipinski definition) is 0. The molecular weight excluding hydrogens is 388 g/mol. The van der Waals surface area contributed by atoms with Crippen LogP contribution in [0, 0.1) is 5.92 Å². The Bertz CT molecular complexity index is 737. The van der Waals surface area contributed by atoms with Gasteiger partial charge in [0.05, 0.1) is 6.10 Å². The fourth-order valence-electron chi connectivity index (χ4n) is 5.29. The first-order valence-corrected chi connectivity index (χ1v) is 13.6. The van der Waals surface area contributed by atoms with E-state index in [0.29, 0.717) is 6.10 Å². The van der Waals surface area contributed by atoms with Crippen LogP contribution in [0.1, 0.15) is 116 Å². The molecule has 1 aliphatic carbocycles. The molecule has 32 heavy (non-hydrogen) atoms. The highest BCUT2D eigenvalue weighted by molar-refractivity contribution is 5.64. The SMILES string of the molecule is CCCCCCC(C)Oc1ccc(-c2ccc(C3CCC(CCCCC)CC3)cc2)cc1. The molecule has 0 heterocycles. The normalized spacial score (nSPS) is 19.6. The van der Waals surface area contributed by atoms with Crippen LogP contribution in [0.4, 0.5) is 0 Å². The van der Waals surface area contributed by atoms with E-state index in [4.69, 9.17) is 4.74 Å². The van der Waals surface area contributed by atoms with Gasteiger partial charge in [-0.2, -0.15) is 0 Å². The number of unbranched alkanes of at least 4 members (excludes halogenated alkanes) is 5. The van der Waals surface area contributed by atoms with E-state index in [1.165, 1.54) is 93.7 Å². The van der Waals surface area contributed by atoms with Crippen LogP contribution in [0.5, 0.6) is 5.75 Å². The molecule has 1 unspecified atom stereocenters. The first kappa shape index (κ1) is 24.9. The summed E-state index contributed by atoms with van der Waals surface area (Å²) in [4.78, 5) is 0. The standard InChI is InChI=1S/C31H46O/c1-4-6-8-10-11-25(3)32-31-23-21-30(22-24-31)29-19-17-28(18-20-29)27-15-13-26(14-16-27)12-9-7-5-2/h17-27H,4-16H2,1-3H3. The first-order valence-electron chi connectivity index (χ1n) is 13.6. The second-order valence-corrected chi connectivity index (χ2v) is 10.1. The Labute approximate surface area is 198 Å². The molecule has 176 valence electrons. The summed E-state index contributed by atoms with van der Waals surface area (Å²) in [6, 6.07) is 18.0. The van der Waals surface area contributed by atoms with E-state index in [1.54, 1.807) is 0 Å². The third-order valence-corrected chi connectivity index (χ3v) is 7.43. The Hall–Kier alpha value is -1.76. The quantitative estimate of drug-likeness (QED) is 0.285. The van der Waals surface area contributed by atoms with E-state index in [0.717, 1.165) is 24.0 Å². The van der Waals surface area contributed by atoms with Crippen molar-refractivity contribution < 1.29 is 4.74 Å². The molecule has 0 saturated heterocycles. The molecule has 0 radical (unpaired) electrons. The van der Waals surface area contributed by atoms with E-state index in [2.05, 4.69) is 69.3 Å². The molecule has 1 atom stereocenters. The highest BCUT2D eigenvalue weighted by Crippen LogP contribution is 2.38. The Morgan fingerprint density at radius 1 is 0.719 bits per heavy atom. The van der Waals surface area contributed by atoms with E-state index >= 15 is 0 Å². The predicted molar refractivity (Wildman–Crippen MR) is 140 cm³/mol. The Morgan fingerprint density at radius 2 is 1.31 bits per heavy atom. The van der Waals surface area contributed by atoms with Gasteiger partial charge in [0.25, 0.3) is 0 Å². The van der Waals surface area contributed by atoms with Gasteiger partial charge in [-0.05, 0) is 86.1 Å². The molecule has 2 aromatic rings. The molecule has 1 fully saturated rings. The smallest absolute Gasteiger partial charge is 0.119 e.